The molecule has 1 N–H and O–H groups in total. The molecule has 0 saturated carbocycles. The molecule has 11 heteroatoms. The van der Waals surface area contributed by atoms with Crippen molar-refractivity contribution in [3.8, 4) is 11.6 Å². The van der Waals surface area contributed by atoms with Gasteiger partial charge in [-0.25, -0.2) is 14.6 Å². The lowest BCUT2D eigenvalue weighted by Gasteiger charge is -2.19. The fraction of sp³-hybridized carbons (Fsp3) is 0.154. The van der Waals surface area contributed by atoms with E-state index >= 15 is 0 Å². The number of methoxy groups -OCH3 is 2. The van der Waals surface area contributed by atoms with E-state index in [1.807, 2.05) is 0 Å². The van der Waals surface area contributed by atoms with Crippen LogP contribution in [0.3, 0.4) is 0 Å². The zero-order valence-corrected chi connectivity index (χ0v) is 19.6. The van der Waals surface area contributed by atoms with Crippen LogP contribution in [0, 0.1) is 0 Å². The molecular formula is C26H21F3N2O6. The topological polar surface area (TPSA) is 90.4 Å². The smallest absolute Gasteiger partial charge is 0.418 e. The van der Waals surface area contributed by atoms with E-state index < -0.39 is 29.5 Å². The van der Waals surface area contributed by atoms with E-state index in [2.05, 4.69) is 4.98 Å². The molecule has 0 aliphatic carbocycles. The van der Waals surface area contributed by atoms with Crippen molar-refractivity contribution >= 4 is 17.2 Å². The first-order chi connectivity index (χ1) is 17.7. The monoisotopic (exact) mass is 514 g/mol. The molecule has 8 nitrogen and oxygen atoms in total. The molecule has 0 radical (unpaired) electrons. The highest BCUT2D eigenvalue weighted by Gasteiger charge is 2.39. The van der Waals surface area contributed by atoms with Crippen molar-refractivity contribution in [3.05, 3.63) is 101 Å². The number of esters is 1. The molecule has 1 aliphatic rings. The molecule has 1 atom stereocenters. The summed E-state index contributed by atoms with van der Waals surface area (Å²) in [5.74, 6) is -0.440. The van der Waals surface area contributed by atoms with Crippen LogP contribution in [0.5, 0.6) is 11.6 Å². The Morgan fingerprint density at radius 1 is 1.05 bits per heavy atom. The molecule has 3 aromatic rings. The van der Waals surface area contributed by atoms with Gasteiger partial charge in [-0.2, -0.15) is 13.2 Å². The van der Waals surface area contributed by atoms with Gasteiger partial charge in [0, 0.05) is 17.2 Å². The Morgan fingerprint density at radius 3 is 2.43 bits per heavy atom. The summed E-state index contributed by atoms with van der Waals surface area (Å²) in [6.07, 6.45) is -3.78. The molecule has 1 aromatic heterocycles. The summed E-state index contributed by atoms with van der Waals surface area (Å²) in [7, 11) is 2.53. The van der Waals surface area contributed by atoms with Gasteiger partial charge in [0.15, 0.2) is 6.10 Å². The first-order valence-electron chi connectivity index (χ1n) is 10.8. The maximum Gasteiger partial charge on any atom is 0.418 e. The number of hydrogen-bond donors (Lipinski definition) is 1. The third-order valence-corrected chi connectivity index (χ3v) is 5.30. The summed E-state index contributed by atoms with van der Waals surface area (Å²) >= 11 is 0. The van der Waals surface area contributed by atoms with E-state index in [0.29, 0.717) is 11.0 Å². The number of para-hydroxylation sites is 1. The summed E-state index contributed by atoms with van der Waals surface area (Å²) in [5.41, 5.74) is -1.02. The van der Waals surface area contributed by atoms with Crippen LogP contribution in [0.15, 0.2) is 79.1 Å². The lowest BCUT2D eigenvalue weighted by atomic mass is 9.97. The van der Waals surface area contributed by atoms with Crippen LogP contribution >= 0.6 is 0 Å². The van der Waals surface area contributed by atoms with Gasteiger partial charge in [0.1, 0.15) is 17.0 Å². The van der Waals surface area contributed by atoms with Crippen LogP contribution in [0.4, 0.5) is 13.2 Å². The number of ether oxygens (including phenoxy) is 3. The fourth-order valence-electron chi connectivity index (χ4n) is 3.69. The molecule has 0 spiro atoms. The maximum absolute atomic E-state index is 13.9. The lowest BCUT2D eigenvalue weighted by Crippen LogP contribution is -2.18. The number of nitrogens with zero attached hydrogens (tertiary/aromatic N) is 2. The SMILES string of the molecule is CO/C=C(\C(=O)OC)c1ccccc1C1=CC(c2nc(Oc3ccccc3)ccc2C(F)(F)F)ON1O. The van der Waals surface area contributed by atoms with Gasteiger partial charge in [0.25, 0.3) is 0 Å². The lowest BCUT2D eigenvalue weighted by molar-refractivity contribution is -0.300. The number of aromatic nitrogens is 1. The molecule has 1 aliphatic heterocycles. The van der Waals surface area contributed by atoms with Crippen LogP contribution in [0.2, 0.25) is 0 Å². The molecule has 2 heterocycles. The van der Waals surface area contributed by atoms with Crippen LogP contribution in [-0.4, -0.2) is 35.6 Å². The molecular weight excluding hydrogens is 493 g/mol. The van der Waals surface area contributed by atoms with Gasteiger partial charge >= 0.3 is 12.1 Å². The third-order valence-electron chi connectivity index (χ3n) is 5.30. The molecule has 2 aromatic carbocycles. The maximum atomic E-state index is 13.9. The van der Waals surface area contributed by atoms with Gasteiger partial charge in [0.2, 0.25) is 5.88 Å². The number of pyridine rings is 1. The molecule has 0 fully saturated rings. The number of hydrogen-bond acceptors (Lipinski definition) is 8. The Morgan fingerprint density at radius 2 is 1.76 bits per heavy atom. The van der Waals surface area contributed by atoms with Crippen LogP contribution < -0.4 is 4.74 Å². The Hall–Kier alpha value is -4.35. The second-order valence-electron chi connectivity index (χ2n) is 7.65. The number of alkyl halides is 3. The van der Waals surface area contributed by atoms with Crippen molar-refractivity contribution in [1.82, 2.24) is 10.2 Å². The average Bonchev–Trinajstić information content (AvgIpc) is 3.28. The quantitative estimate of drug-likeness (QED) is 0.241. The van der Waals surface area contributed by atoms with E-state index in [9.17, 15) is 23.2 Å². The van der Waals surface area contributed by atoms with Crippen LogP contribution in [0.1, 0.15) is 28.5 Å². The zero-order valence-electron chi connectivity index (χ0n) is 19.6. The molecule has 1 unspecified atom stereocenters. The van der Waals surface area contributed by atoms with E-state index in [0.717, 1.165) is 18.4 Å². The molecule has 0 amide bonds. The zero-order chi connectivity index (χ0) is 26.6. The molecule has 0 saturated heterocycles. The summed E-state index contributed by atoms with van der Waals surface area (Å²) in [6, 6.07) is 16.7. The van der Waals surface area contributed by atoms with Gasteiger partial charge in [-0.15, -0.1) is 5.23 Å². The van der Waals surface area contributed by atoms with Crippen molar-refractivity contribution in [3.63, 3.8) is 0 Å². The van der Waals surface area contributed by atoms with E-state index in [1.165, 1.54) is 20.3 Å². The van der Waals surface area contributed by atoms with Crippen molar-refractivity contribution in [2.45, 2.75) is 12.3 Å². The van der Waals surface area contributed by atoms with Gasteiger partial charge in [-0.3, -0.25) is 5.21 Å². The normalized spacial score (nSPS) is 15.8. The fourth-order valence-corrected chi connectivity index (χ4v) is 3.69. The summed E-state index contributed by atoms with van der Waals surface area (Å²) in [5, 5.41) is 10.9. The van der Waals surface area contributed by atoms with E-state index in [4.69, 9.17) is 19.0 Å². The molecule has 37 heavy (non-hydrogen) atoms. The Labute approximate surface area is 209 Å². The van der Waals surface area contributed by atoms with Gasteiger partial charge in [-0.05, 0) is 24.3 Å². The second kappa shape index (κ2) is 10.7. The number of benzene rings is 2. The van der Waals surface area contributed by atoms with E-state index in [1.54, 1.807) is 54.6 Å². The van der Waals surface area contributed by atoms with Crippen molar-refractivity contribution in [1.29, 1.82) is 0 Å². The molecule has 0 bridgehead atoms. The van der Waals surface area contributed by atoms with Crippen molar-refractivity contribution < 1.29 is 42.2 Å². The minimum absolute atomic E-state index is 0.0178. The average molecular weight is 514 g/mol. The number of carbonyl (C=O) groups excluding carboxylic acids is 1. The minimum Gasteiger partial charge on any atom is -0.503 e. The van der Waals surface area contributed by atoms with Crippen molar-refractivity contribution in [2.75, 3.05) is 14.2 Å². The Kier molecular flexibility index (Phi) is 7.46. The van der Waals surface area contributed by atoms with Gasteiger partial charge in [-0.1, -0.05) is 42.5 Å². The number of hydroxylamine groups is 2. The molecule has 4 rings (SSSR count). The molecule has 192 valence electrons. The van der Waals surface area contributed by atoms with Crippen LogP contribution in [-0.2, 0) is 25.3 Å². The van der Waals surface area contributed by atoms with Crippen LogP contribution in [0.25, 0.3) is 11.3 Å². The summed E-state index contributed by atoms with van der Waals surface area (Å²) in [4.78, 5) is 21.7. The summed E-state index contributed by atoms with van der Waals surface area (Å²) in [6.45, 7) is 0. The highest BCUT2D eigenvalue weighted by Crippen LogP contribution is 2.42. The minimum atomic E-state index is -4.76. The first-order valence-corrected chi connectivity index (χ1v) is 10.8. The predicted octanol–water partition coefficient (Wildman–Crippen LogP) is 5.77. The summed E-state index contributed by atoms with van der Waals surface area (Å²) < 4.78 is 57.0. The highest BCUT2D eigenvalue weighted by molar-refractivity contribution is 6.17. The Balaban J connectivity index is 1.78. The first kappa shape index (κ1) is 25.7. The standard InChI is InChI=1S/C26H21F3N2O6/c1-34-15-19(25(32)35-2)17-10-6-7-11-18(17)21-14-22(37-31(21)33)24-20(26(27,28)29)12-13-23(30-24)36-16-8-4-3-5-9-16/h3-15,22,33H,1-2H3/b19-15-. The number of halogens is 3. The number of carbonyl (C=O) groups is 1. The van der Waals surface area contributed by atoms with E-state index in [-0.39, 0.29) is 28.3 Å². The number of rotatable bonds is 7. The Bertz CT molecular complexity index is 1340. The third kappa shape index (κ3) is 5.57. The highest BCUT2D eigenvalue weighted by atomic mass is 19.4. The second-order valence-corrected chi connectivity index (χ2v) is 7.65. The van der Waals surface area contributed by atoms with Gasteiger partial charge < -0.3 is 14.2 Å². The van der Waals surface area contributed by atoms with Crippen molar-refractivity contribution in [2.24, 2.45) is 0 Å². The largest absolute Gasteiger partial charge is 0.503 e. The predicted molar refractivity (Wildman–Crippen MR) is 125 cm³/mol. The van der Waals surface area contributed by atoms with Gasteiger partial charge in [0.05, 0.1) is 31.7 Å².